The molecule has 0 spiro atoms. The molecule has 1 aliphatic rings. The van der Waals surface area contributed by atoms with Crippen LogP contribution in [0.15, 0.2) is 0 Å². The van der Waals surface area contributed by atoms with Gasteiger partial charge in [-0.25, -0.2) is 4.79 Å². The first-order chi connectivity index (χ1) is 4.20. The molecule has 4 nitrogen and oxygen atoms in total. The molecule has 3 amide bonds. The first-order valence-corrected chi connectivity index (χ1v) is 2.56. The lowest BCUT2D eigenvalue weighted by Gasteiger charge is -2.22. The molecule has 0 aromatic heterocycles. The maximum atomic E-state index is 10.5. The van der Waals surface area contributed by atoms with Crippen LogP contribution in [-0.4, -0.2) is 31.3 Å². The number of carbonyl (C=O) groups excluding carboxylic acids is 2. The second-order valence-electron chi connectivity index (χ2n) is 1.80. The SMILES string of the molecule is [B]N1CCC(=O)NC1=O. The van der Waals surface area contributed by atoms with Crippen molar-refractivity contribution < 1.29 is 9.59 Å². The van der Waals surface area contributed by atoms with Gasteiger partial charge >= 0.3 is 6.03 Å². The van der Waals surface area contributed by atoms with Crippen LogP contribution in [0, 0.1) is 0 Å². The summed E-state index contributed by atoms with van der Waals surface area (Å²) in [6.45, 7) is 0.310. The number of nitrogens with zero attached hydrogens (tertiary/aromatic N) is 1. The van der Waals surface area contributed by atoms with E-state index in [9.17, 15) is 9.59 Å². The number of hydrogen-bond donors (Lipinski definition) is 1. The van der Waals surface area contributed by atoms with E-state index in [0.717, 1.165) is 4.81 Å². The first-order valence-electron chi connectivity index (χ1n) is 2.56. The molecule has 0 bridgehead atoms. The fourth-order valence-electron chi connectivity index (χ4n) is 0.577. The summed E-state index contributed by atoms with van der Waals surface area (Å²) in [4.78, 5) is 21.9. The van der Waals surface area contributed by atoms with Crippen LogP contribution in [0.4, 0.5) is 4.79 Å². The normalized spacial score (nSPS) is 19.8. The molecule has 1 heterocycles. The third-order valence-corrected chi connectivity index (χ3v) is 1.09. The van der Waals surface area contributed by atoms with Gasteiger partial charge in [-0.2, -0.15) is 0 Å². The highest BCUT2D eigenvalue weighted by Crippen LogP contribution is 1.94. The van der Waals surface area contributed by atoms with Crippen LogP contribution in [-0.2, 0) is 4.79 Å². The van der Waals surface area contributed by atoms with Crippen molar-refractivity contribution in [1.29, 1.82) is 0 Å². The lowest BCUT2D eigenvalue weighted by Crippen LogP contribution is -2.48. The molecule has 1 fully saturated rings. The summed E-state index contributed by atoms with van der Waals surface area (Å²) in [6, 6.07) is -0.522. The van der Waals surface area contributed by atoms with E-state index >= 15 is 0 Å². The zero-order valence-corrected chi connectivity index (χ0v) is 4.76. The van der Waals surface area contributed by atoms with Gasteiger partial charge in [-0.05, 0) is 0 Å². The Morgan fingerprint density at radius 3 is 2.67 bits per heavy atom. The Balaban J connectivity index is 2.54. The molecule has 5 heteroatoms. The Morgan fingerprint density at radius 1 is 1.56 bits per heavy atom. The van der Waals surface area contributed by atoms with Gasteiger partial charge in [0.1, 0.15) is 0 Å². The Morgan fingerprint density at radius 2 is 2.22 bits per heavy atom. The van der Waals surface area contributed by atoms with Crippen molar-refractivity contribution in [3.63, 3.8) is 0 Å². The van der Waals surface area contributed by atoms with Gasteiger partial charge in [0.05, 0.1) is 0 Å². The summed E-state index contributed by atoms with van der Waals surface area (Å²) in [5.74, 6) is -0.262. The molecule has 0 aliphatic carbocycles. The van der Waals surface area contributed by atoms with E-state index in [1.54, 1.807) is 0 Å². The van der Waals surface area contributed by atoms with Crippen LogP contribution >= 0.6 is 0 Å². The van der Waals surface area contributed by atoms with Crippen molar-refractivity contribution in [2.24, 2.45) is 0 Å². The van der Waals surface area contributed by atoms with Gasteiger partial charge in [0, 0.05) is 13.0 Å². The highest BCUT2D eigenvalue weighted by molar-refractivity contribution is 6.17. The third-order valence-electron chi connectivity index (χ3n) is 1.09. The molecular formula is C4H5BN2O2. The van der Waals surface area contributed by atoms with E-state index in [0.29, 0.717) is 13.0 Å². The second kappa shape index (κ2) is 2.09. The van der Waals surface area contributed by atoms with Gasteiger partial charge in [0.25, 0.3) is 0 Å². The van der Waals surface area contributed by atoms with Crippen LogP contribution < -0.4 is 5.32 Å². The van der Waals surface area contributed by atoms with Gasteiger partial charge in [-0.1, -0.05) is 0 Å². The average molecular weight is 124 g/mol. The van der Waals surface area contributed by atoms with Crippen molar-refractivity contribution in [1.82, 2.24) is 10.1 Å². The van der Waals surface area contributed by atoms with Crippen LogP contribution in [0.5, 0.6) is 0 Å². The Hall–Kier alpha value is -0.995. The van der Waals surface area contributed by atoms with E-state index in [1.807, 2.05) is 0 Å². The molecule has 1 aliphatic heterocycles. The van der Waals surface area contributed by atoms with Crippen LogP contribution in [0.1, 0.15) is 6.42 Å². The van der Waals surface area contributed by atoms with Crippen molar-refractivity contribution in [3.8, 4) is 0 Å². The fourth-order valence-corrected chi connectivity index (χ4v) is 0.577. The summed E-state index contributed by atoms with van der Waals surface area (Å²) in [5.41, 5.74) is 0. The number of hydrogen-bond acceptors (Lipinski definition) is 2. The molecule has 0 aromatic carbocycles. The molecule has 0 atom stereocenters. The smallest absolute Gasteiger partial charge is 0.310 e. The lowest BCUT2D eigenvalue weighted by molar-refractivity contribution is -0.121. The lowest BCUT2D eigenvalue weighted by atomic mass is 10.2. The number of nitrogens with one attached hydrogen (secondary N) is 1. The van der Waals surface area contributed by atoms with Crippen molar-refractivity contribution in [2.45, 2.75) is 6.42 Å². The monoisotopic (exact) mass is 124 g/mol. The first kappa shape index (κ1) is 6.13. The zero-order valence-electron chi connectivity index (χ0n) is 4.76. The quantitative estimate of drug-likeness (QED) is 0.421. The number of rotatable bonds is 0. The fraction of sp³-hybridized carbons (Fsp3) is 0.500. The molecule has 0 unspecified atom stereocenters. The predicted octanol–water partition coefficient (Wildman–Crippen LogP) is -0.988. The zero-order chi connectivity index (χ0) is 6.85. The van der Waals surface area contributed by atoms with Gasteiger partial charge in [-0.3, -0.25) is 10.1 Å². The van der Waals surface area contributed by atoms with Crippen molar-refractivity contribution in [3.05, 3.63) is 0 Å². The minimum absolute atomic E-state index is 0.262. The molecule has 46 valence electrons. The molecule has 1 rings (SSSR count). The minimum atomic E-state index is -0.522. The largest absolute Gasteiger partial charge is 0.378 e. The standard InChI is InChI=1S/C4H5BN2O2/c5-7-2-1-3(8)6-4(7)9/h1-2H2,(H,6,8,9). The topological polar surface area (TPSA) is 49.4 Å². The third kappa shape index (κ3) is 1.22. The van der Waals surface area contributed by atoms with E-state index in [-0.39, 0.29) is 5.91 Å². The second-order valence-corrected chi connectivity index (χ2v) is 1.80. The predicted molar refractivity (Wildman–Crippen MR) is 30.6 cm³/mol. The Kier molecular flexibility index (Phi) is 1.42. The van der Waals surface area contributed by atoms with E-state index in [2.05, 4.69) is 5.32 Å². The van der Waals surface area contributed by atoms with Gasteiger partial charge < -0.3 is 4.81 Å². The van der Waals surface area contributed by atoms with Gasteiger partial charge in [0.15, 0.2) is 0 Å². The molecule has 9 heavy (non-hydrogen) atoms. The summed E-state index contributed by atoms with van der Waals surface area (Å²) >= 11 is 0. The summed E-state index contributed by atoms with van der Waals surface area (Å²) in [7, 11) is 5.11. The van der Waals surface area contributed by atoms with E-state index in [4.69, 9.17) is 7.98 Å². The molecular weight excluding hydrogens is 119 g/mol. The molecule has 0 saturated carbocycles. The van der Waals surface area contributed by atoms with Crippen molar-refractivity contribution >= 4 is 19.9 Å². The van der Waals surface area contributed by atoms with Gasteiger partial charge in [-0.15, -0.1) is 0 Å². The highest BCUT2D eigenvalue weighted by atomic mass is 16.2. The summed E-state index contributed by atoms with van der Waals surface area (Å²) in [5, 5.41) is 2.05. The maximum absolute atomic E-state index is 10.5. The van der Waals surface area contributed by atoms with Gasteiger partial charge in [0.2, 0.25) is 13.9 Å². The number of urea groups is 1. The Labute approximate surface area is 53.6 Å². The number of amides is 3. The average Bonchev–Trinajstić information content (AvgIpc) is 1.80. The number of carbonyl (C=O) groups is 2. The van der Waals surface area contributed by atoms with Crippen LogP contribution in [0.3, 0.4) is 0 Å². The number of imide groups is 1. The van der Waals surface area contributed by atoms with Crippen molar-refractivity contribution in [2.75, 3.05) is 6.54 Å². The Bertz CT molecular complexity index is 159. The maximum Gasteiger partial charge on any atom is 0.310 e. The molecule has 1 saturated heterocycles. The molecule has 0 aromatic rings. The minimum Gasteiger partial charge on any atom is -0.378 e. The summed E-state index contributed by atoms with van der Waals surface area (Å²) < 4.78 is 0. The van der Waals surface area contributed by atoms with E-state index in [1.165, 1.54) is 0 Å². The summed E-state index contributed by atoms with van der Waals surface area (Å²) in [6.07, 6.45) is 0.294. The van der Waals surface area contributed by atoms with E-state index < -0.39 is 6.03 Å². The molecule has 1 N–H and O–H groups in total. The molecule has 2 radical (unpaired) electrons. The van der Waals surface area contributed by atoms with Crippen LogP contribution in [0.2, 0.25) is 0 Å². The highest BCUT2D eigenvalue weighted by Gasteiger charge is 2.17. The van der Waals surface area contributed by atoms with Crippen LogP contribution in [0.25, 0.3) is 0 Å².